The first-order valence-electron chi connectivity index (χ1n) is 8.41. The summed E-state index contributed by atoms with van der Waals surface area (Å²) in [5.74, 6) is 0.0803. The number of halogens is 1. The second-order valence-electron chi connectivity index (χ2n) is 6.37. The van der Waals surface area contributed by atoms with Crippen molar-refractivity contribution >= 4 is 17.5 Å². The first kappa shape index (κ1) is 18.2. The van der Waals surface area contributed by atoms with Gasteiger partial charge in [0.2, 0.25) is 5.91 Å². The third-order valence-electron chi connectivity index (χ3n) is 4.19. The van der Waals surface area contributed by atoms with E-state index in [0.717, 1.165) is 31.0 Å². The normalized spacial score (nSPS) is 19.0. The average Bonchev–Trinajstić information content (AvgIpc) is 2.53. The van der Waals surface area contributed by atoms with Gasteiger partial charge in [0, 0.05) is 30.7 Å². The Bertz CT molecular complexity index is 490. The Labute approximate surface area is 144 Å². The van der Waals surface area contributed by atoms with Crippen molar-refractivity contribution in [2.45, 2.75) is 45.3 Å². The van der Waals surface area contributed by atoms with Crippen LogP contribution in [0.2, 0.25) is 5.02 Å². The summed E-state index contributed by atoms with van der Waals surface area (Å²) in [5.41, 5.74) is 1.24. The van der Waals surface area contributed by atoms with Crippen LogP contribution in [0.3, 0.4) is 0 Å². The van der Waals surface area contributed by atoms with Gasteiger partial charge < -0.3 is 10.1 Å². The number of nitrogens with zero attached hydrogens (tertiary/aromatic N) is 1. The molecule has 0 aromatic heterocycles. The number of amides is 1. The molecule has 1 saturated heterocycles. The fourth-order valence-electron chi connectivity index (χ4n) is 2.79. The molecule has 0 spiro atoms. The summed E-state index contributed by atoms with van der Waals surface area (Å²) in [7, 11) is 0. The lowest BCUT2D eigenvalue weighted by molar-refractivity contribution is -0.126. The Morgan fingerprint density at radius 2 is 2.13 bits per heavy atom. The third-order valence-corrected chi connectivity index (χ3v) is 4.44. The standard InChI is InChI=1S/C18H27ClN2O2/c1-14(2)21-10-11-23-17(13-21)12-18(22)20-9-3-4-15-5-7-16(19)8-6-15/h5-8,14,17H,3-4,9-13H2,1-2H3,(H,20,22)/t17-/m1/s1. The smallest absolute Gasteiger partial charge is 0.222 e. The second kappa shape index (κ2) is 9.26. The van der Waals surface area contributed by atoms with Crippen LogP contribution in [0.25, 0.3) is 0 Å². The zero-order valence-electron chi connectivity index (χ0n) is 14.1. The van der Waals surface area contributed by atoms with E-state index in [1.165, 1.54) is 5.56 Å². The average molecular weight is 339 g/mol. The Kier molecular flexibility index (Phi) is 7.34. The number of hydrogen-bond donors (Lipinski definition) is 1. The van der Waals surface area contributed by atoms with Gasteiger partial charge in [-0.2, -0.15) is 0 Å². The Morgan fingerprint density at radius 1 is 1.39 bits per heavy atom. The molecule has 1 amide bonds. The topological polar surface area (TPSA) is 41.6 Å². The SMILES string of the molecule is CC(C)N1CCO[C@H](CC(=O)NCCCc2ccc(Cl)cc2)C1. The highest BCUT2D eigenvalue weighted by Gasteiger charge is 2.24. The zero-order chi connectivity index (χ0) is 16.7. The summed E-state index contributed by atoms with van der Waals surface area (Å²) < 4.78 is 5.70. The van der Waals surface area contributed by atoms with Gasteiger partial charge in [-0.05, 0) is 44.4 Å². The van der Waals surface area contributed by atoms with Gasteiger partial charge >= 0.3 is 0 Å². The molecule has 1 atom stereocenters. The molecule has 23 heavy (non-hydrogen) atoms. The monoisotopic (exact) mass is 338 g/mol. The van der Waals surface area contributed by atoms with Gasteiger partial charge in [-0.3, -0.25) is 9.69 Å². The number of benzene rings is 1. The van der Waals surface area contributed by atoms with Crippen LogP contribution < -0.4 is 5.32 Å². The quantitative estimate of drug-likeness (QED) is 0.777. The summed E-state index contributed by atoms with van der Waals surface area (Å²) in [6.07, 6.45) is 2.34. The molecule has 1 heterocycles. The van der Waals surface area contributed by atoms with Crippen molar-refractivity contribution in [2.24, 2.45) is 0 Å². The molecule has 2 rings (SSSR count). The molecule has 0 aliphatic carbocycles. The largest absolute Gasteiger partial charge is 0.375 e. The van der Waals surface area contributed by atoms with Crippen molar-refractivity contribution in [2.75, 3.05) is 26.2 Å². The van der Waals surface area contributed by atoms with E-state index in [9.17, 15) is 4.79 Å². The van der Waals surface area contributed by atoms with Crippen LogP contribution in [0.4, 0.5) is 0 Å². The summed E-state index contributed by atoms with van der Waals surface area (Å²) in [5, 5.41) is 3.75. The lowest BCUT2D eigenvalue weighted by atomic mass is 10.1. The van der Waals surface area contributed by atoms with Gasteiger partial charge in [-0.15, -0.1) is 0 Å². The maximum Gasteiger partial charge on any atom is 0.222 e. The molecule has 5 heteroatoms. The Morgan fingerprint density at radius 3 is 2.83 bits per heavy atom. The van der Waals surface area contributed by atoms with E-state index in [2.05, 4.69) is 24.1 Å². The lowest BCUT2D eigenvalue weighted by Crippen LogP contribution is -2.47. The highest BCUT2D eigenvalue weighted by molar-refractivity contribution is 6.30. The molecule has 1 aliphatic heterocycles. The summed E-state index contributed by atoms with van der Waals surface area (Å²) >= 11 is 5.86. The van der Waals surface area contributed by atoms with Crippen molar-refractivity contribution in [3.63, 3.8) is 0 Å². The molecular weight excluding hydrogens is 312 g/mol. The van der Waals surface area contributed by atoms with Crippen LogP contribution in [0.5, 0.6) is 0 Å². The number of carbonyl (C=O) groups excluding carboxylic acids is 1. The number of aryl methyl sites for hydroxylation is 1. The summed E-state index contributed by atoms with van der Waals surface area (Å²) in [4.78, 5) is 14.4. The molecule has 0 radical (unpaired) electrons. The van der Waals surface area contributed by atoms with Crippen molar-refractivity contribution in [3.05, 3.63) is 34.9 Å². The van der Waals surface area contributed by atoms with E-state index in [4.69, 9.17) is 16.3 Å². The van der Waals surface area contributed by atoms with Gasteiger partial charge in [0.15, 0.2) is 0 Å². The molecule has 1 aromatic rings. The fraction of sp³-hybridized carbons (Fsp3) is 0.611. The molecule has 0 saturated carbocycles. The van der Waals surface area contributed by atoms with Crippen molar-refractivity contribution in [1.29, 1.82) is 0 Å². The molecule has 1 aliphatic rings. The van der Waals surface area contributed by atoms with E-state index >= 15 is 0 Å². The van der Waals surface area contributed by atoms with Crippen LogP contribution in [0, 0.1) is 0 Å². The highest BCUT2D eigenvalue weighted by atomic mass is 35.5. The minimum Gasteiger partial charge on any atom is -0.375 e. The first-order chi connectivity index (χ1) is 11.0. The lowest BCUT2D eigenvalue weighted by Gasteiger charge is -2.35. The highest BCUT2D eigenvalue weighted by Crippen LogP contribution is 2.12. The molecule has 0 unspecified atom stereocenters. The van der Waals surface area contributed by atoms with Gasteiger partial charge in [0.05, 0.1) is 19.1 Å². The number of ether oxygens (including phenoxy) is 1. The number of carbonyl (C=O) groups is 1. The van der Waals surface area contributed by atoms with Gasteiger partial charge in [0.25, 0.3) is 0 Å². The van der Waals surface area contributed by atoms with Gasteiger partial charge in [0.1, 0.15) is 0 Å². The summed E-state index contributed by atoms with van der Waals surface area (Å²) in [6, 6.07) is 8.36. The molecule has 1 fully saturated rings. The number of hydrogen-bond acceptors (Lipinski definition) is 3. The van der Waals surface area contributed by atoms with Gasteiger partial charge in [-0.25, -0.2) is 0 Å². The van der Waals surface area contributed by atoms with E-state index < -0.39 is 0 Å². The van der Waals surface area contributed by atoms with Crippen molar-refractivity contribution in [3.8, 4) is 0 Å². The summed E-state index contributed by atoms with van der Waals surface area (Å²) in [6.45, 7) is 7.57. The van der Waals surface area contributed by atoms with Crippen LogP contribution in [0.1, 0.15) is 32.3 Å². The molecule has 4 nitrogen and oxygen atoms in total. The number of morpholine rings is 1. The molecule has 1 aromatic carbocycles. The van der Waals surface area contributed by atoms with Crippen LogP contribution in [0.15, 0.2) is 24.3 Å². The predicted octanol–water partition coefficient (Wildman–Crippen LogP) is 2.89. The number of nitrogens with one attached hydrogen (secondary N) is 1. The predicted molar refractivity (Wildman–Crippen MR) is 93.8 cm³/mol. The third kappa shape index (κ3) is 6.50. The van der Waals surface area contributed by atoms with Crippen LogP contribution in [-0.4, -0.2) is 49.2 Å². The first-order valence-corrected chi connectivity index (χ1v) is 8.79. The van der Waals surface area contributed by atoms with Crippen LogP contribution in [-0.2, 0) is 16.0 Å². The fourth-order valence-corrected chi connectivity index (χ4v) is 2.91. The van der Waals surface area contributed by atoms with E-state index in [-0.39, 0.29) is 12.0 Å². The van der Waals surface area contributed by atoms with Crippen LogP contribution >= 0.6 is 11.6 Å². The number of rotatable bonds is 7. The van der Waals surface area contributed by atoms with Gasteiger partial charge in [-0.1, -0.05) is 23.7 Å². The molecule has 1 N–H and O–H groups in total. The minimum absolute atomic E-state index is 0.0161. The Hall–Kier alpha value is -1.10. The van der Waals surface area contributed by atoms with E-state index in [1.807, 2.05) is 24.3 Å². The Balaban J connectivity index is 1.62. The van der Waals surface area contributed by atoms with E-state index in [0.29, 0.717) is 25.6 Å². The molecular formula is C18H27ClN2O2. The minimum atomic E-state index is 0.0161. The molecule has 0 bridgehead atoms. The van der Waals surface area contributed by atoms with Crippen molar-refractivity contribution in [1.82, 2.24) is 10.2 Å². The maximum atomic E-state index is 12.0. The van der Waals surface area contributed by atoms with Crippen molar-refractivity contribution < 1.29 is 9.53 Å². The molecule has 128 valence electrons. The zero-order valence-corrected chi connectivity index (χ0v) is 14.8. The maximum absolute atomic E-state index is 12.0. The van der Waals surface area contributed by atoms with E-state index in [1.54, 1.807) is 0 Å². The second-order valence-corrected chi connectivity index (χ2v) is 6.80.